The van der Waals surface area contributed by atoms with E-state index in [0.29, 0.717) is 5.69 Å². The van der Waals surface area contributed by atoms with Gasteiger partial charge in [-0.25, -0.2) is 9.38 Å². The van der Waals surface area contributed by atoms with Gasteiger partial charge in [-0.3, -0.25) is 13.9 Å². The molecule has 166 valence electrons. The summed E-state index contributed by atoms with van der Waals surface area (Å²) in [5.74, 6) is 0.267. The van der Waals surface area contributed by atoms with E-state index in [9.17, 15) is 19.4 Å². The predicted octanol–water partition coefficient (Wildman–Crippen LogP) is -2.05. The van der Waals surface area contributed by atoms with Gasteiger partial charge in [-0.05, 0) is 21.5 Å². The van der Waals surface area contributed by atoms with Gasteiger partial charge in [0.1, 0.15) is 18.3 Å². The standard InChI is InChI=1S/C18H15BrN5O7P.Na/c19-17-21-11-14(24(17)16-12(25)13-10(30-16)7-29-32(27,28)31-13)22-18-20-9(6-23(18)15(11)26)8-4-2-1-3-5-8;/h1-6,10,12-13,16,25H,7H2,(H,20,22)(H,27,28);/q;+1/p-1/t10?,12-,13?,16?;/m0./s1. The van der Waals surface area contributed by atoms with Gasteiger partial charge >= 0.3 is 29.6 Å². The number of hydrogen-bond acceptors (Lipinski definition) is 9. The number of H-pyrrole nitrogens is 1. The largest absolute Gasteiger partial charge is 1.00 e. The van der Waals surface area contributed by atoms with Crippen LogP contribution in [0, 0.1) is 0 Å². The van der Waals surface area contributed by atoms with Crippen molar-refractivity contribution < 1.29 is 57.9 Å². The number of phosphoric acid groups is 1. The number of aromatic amines is 1. The molecular weight excluding hydrogens is 532 g/mol. The van der Waals surface area contributed by atoms with E-state index >= 15 is 0 Å². The van der Waals surface area contributed by atoms with Gasteiger partial charge < -0.3 is 28.8 Å². The Hall–Kier alpha value is -1.38. The fourth-order valence-electron chi connectivity index (χ4n) is 4.03. The summed E-state index contributed by atoms with van der Waals surface area (Å²) in [7, 11) is -4.52. The second-order valence-electron chi connectivity index (χ2n) is 7.44. The van der Waals surface area contributed by atoms with Crippen molar-refractivity contribution in [1.82, 2.24) is 23.9 Å². The summed E-state index contributed by atoms with van der Waals surface area (Å²) < 4.78 is 29.9. The van der Waals surface area contributed by atoms with E-state index in [-0.39, 0.29) is 57.8 Å². The third-order valence-electron chi connectivity index (χ3n) is 5.51. The second kappa shape index (κ2) is 8.38. The van der Waals surface area contributed by atoms with E-state index in [1.165, 1.54) is 8.97 Å². The first-order chi connectivity index (χ1) is 15.3. The van der Waals surface area contributed by atoms with Gasteiger partial charge in [-0.15, -0.1) is 0 Å². The van der Waals surface area contributed by atoms with Crippen LogP contribution >= 0.6 is 23.8 Å². The maximum absolute atomic E-state index is 13.1. The molecule has 4 aromatic rings. The predicted molar refractivity (Wildman–Crippen MR) is 111 cm³/mol. The molecule has 3 aromatic heterocycles. The number of aliphatic hydroxyl groups excluding tert-OH is 1. The molecule has 4 unspecified atom stereocenters. The first-order valence-electron chi connectivity index (χ1n) is 9.54. The zero-order chi connectivity index (χ0) is 22.2. The fraction of sp³-hybridized carbons (Fsp3) is 0.278. The van der Waals surface area contributed by atoms with E-state index in [4.69, 9.17) is 9.26 Å². The van der Waals surface area contributed by atoms with Crippen LogP contribution in [0.1, 0.15) is 6.23 Å². The number of hydrogen-bond donors (Lipinski definition) is 2. The van der Waals surface area contributed by atoms with Gasteiger partial charge in [-0.2, -0.15) is 4.98 Å². The smallest absolute Gasteiger partial charge is 0.756 e. The maximum Gasteiger partial charge on any atom is 1.00 e. The molecule has 0 spiro atoms. The zero-order valence-electron chi connectivity index (χ0n) is 17.0. The van der Waals surface area contributed by atoms with Gasteiger partial charge in [-0.1, -0.05) is 30.3 Å². The SMILES string of the molecule is O=c1c2nc(Br)n(C3OC4COP(=O)([O-])OC4[C@@H]3O)c2nc2[nH]c(-c3ccccc3)cn12.[Na+]. The molecule has 33 heavy (non-hydrogen) atoms. The average Bonchev–Trinajstić information content (AvgIpc) is 3.43. The van der Waals surface area contributed by atoms with Crippen molar-refractivity contribution in [3.8, 4) is 11.3 Å². The van der Waals surface area contributed by atoms with Gasteiger partial charge in [0.15, 0.2) is 22.1 Å². The summed E-state index contributed by atoms with van der Waals surface area (Å²) in [6.45, 7) is -0.291. The Kier molecular flexibility index (Phi) is 5.93. The number of nitrogens with zero attached hydrogens (tertiary/aromatic N) is 4. The Labute approximate surface area is 215 Å². The van der Waals surface area contributed by atoms with Crippen LogP contribution in [0.2, 0.25) is 0 Å². The van der Waals surface area contributed by atoms with E-state index in [1.807, 2.05) is 30.3 Å². The first-order valence-corrected chi connectivity index (χ1v) is 11.8. The molecule has 2 N–H and O–H groups in total. The van der Waals surface area contributed by atoms with Crippen LogP contribution in [0.4, 0.5) is 0 Å². The monoisotopic (exact) mass is 545 g/mol. The minimum Gasteiger partial charge on any atom is -0.756 e. The summed E-state index contributed by atoms with van der Waals surface area (Å²) in [6.07, 6.45) is -2.82. The summed E-state index contributed by atoms with van der Waals surface area (Å²) >= 11 is 3.29. The molecule has 2 fully saturated rings. The number of halogens is 1. The van der Waals surface area contributed by atoms with Gasteiger partial charge in [0, 0.05) is 6.20 Å². The number of imidazole rings is 2. The van der Waals surface area contributed by atoms with Crippen LogP contribution in [0.5, 0.6) is 0 Å². The van der Waals surface area contributed by atoms with Crippen LogP contribution in [-0.2, 0) is 18.3 Å². The number of rotatable bonds is 2. The van der Waals surface area contributed by atoms with E-state index in [2.05, 4.69) is 35.4 Å². The number of phosphoric ester groups is 1. The number of fused-ring (bicyclic) bond motifs is 3. The minimum atomic E-state index is -4.52. The Balaban J connectivity index is 0.00000228. The van der Waals surface area contributed by atoms with Crippen LogP contribution in [0.15, 0.2) is 46.1 Å². The molecule has 0 radical (unpaired) electrons. The number of aromatic nitrogens is 5. The third kappa shape index (κ3) is 3.76. The molecule has 1 aromatic carbocycles. The number of nitrogens with one attached hydrogen (secondary N) is 1. The van der Waals surface area contributed by atoms with Gasteiger partial charge in [0.25, 0.3) is 13.4 Å². The van der Waals surface area contributed by atoms with E-state index < -0.39 is 37.9 Å². The molecule has 0 amide bonds. The third-order valence-corrected chi connectivity index (χ3v) is 7.03. The molecule has 5 atom stereocenters. The maximum atomic E-state index is 13.1. The Morgan fingerprint density at radius 3 is 2.79 bits per heavy atom. The molecule has 0 aliphatic carbocycles. The van der Waals surface area contributed by atoms with Crippen molar-refractivity contribution in [3.63, 3.8) is 0 Å². The second-order valence-corrected chi connectivity index (χ2v) is 9.51. The normalized spacial score (nSPS) is 29.3. The van der Waals surface area contributed by atoms with Crippen molar-refractivity contribution in [1.29, 1.82) is 0 Å². The van der Waals surface area contributed by atoms with E-state index in [1.54, 1.807) is 6.20 Å². The molecule has 2 saturated heterocycles. The van der Waals surface area contributed by atoms with Crippen molar-refractivity contribution in [2.75, 3.05) is 6.61 Å². The van der Waals surface area contributed by atoms with Crippen LogP contribution in [-0.4, -0.2) is 53.9 Å². The van der Waals surface area contributed by atoms with Crippen LogP contribution < -0.4 is 40.0 Å². The summed E-state index contributed by atoms with van der Waals surface area (Å²) in [5.41, 5.74) is 1.34. The molecule has 2 aliphatic rings. The van der Waals surface area contributed by atoms with Crippen LogP contribution in [0.3, 0.4) is 0 Å². The molecule has 0 bridgehead atoms. The first kappa shape index (κ1) is 23.4. The molecule has 12 nitrogen and oxygen atoms in total. The number of ether oxygens (including phenoxy) is 1. The molecule has 6 rings (SSSR count). The Morgan fingerprint density at radius 1 is 1.27 bits per heavy atom. The molecule has 5 heterocycles. The molecule has 15 heteroatoms. The van der Waals surface area contributed by atoms with Crippen molar-refractivity contribution in [3.05, 3.63) is 51.6 Å². The van der Waals surface area contributed by atoms with E-state index in [0.717, 1.165) is 5.56 Å². The summed E-state index contributed by atoms with van der Waals surface area (Å²) in [4.78, 5) is 36.7. The number of aliphatic hydroxyl groups is 1. The summed E-state index contributed by atoms with van der Waals surface area (Å²) in [5, 5.41) is 10.8. The quantitative estimate of drug-likeness (QED) is 0.164. The fourth-order valence-corrected chi connectivity index (χ4v) is 5.53. The van der Waals surface area contributed by atoms with Crippen molar-refractivity contribution in [2.45, 2.75) is 24.5 Å². The minimum absolute atomic E-state index is 0. The summed E-state index contributed by atoms with van der Waals surface area (Å²) in [6, 6.07) is 9.44. The average molecular weight is 546 g/mol. The van der Waals surface area contributed by atoms with Crippen molar-refractivity contribution >= 4 is 40.7 Å². The van der Waals surface area contributed by atoms with Crippen molar-refractivity contribution in [2.24, 2.45) is 0 Å². The zero-order valence-corrected chi connectivity index (χ0v) is 21.5. The number of benzene rings is 1. The Bertz CT molecular complexity index is 1470. The van der Waals surface area contributed by atoms with Crippen LogP contribution in [0.25, 0.3) is 28.2 Å². The Morgan fingerprint density at radius 2 is 2.03 bits per heavy atom. The molecule has 0 saturated carbocycles. The molecule has 2 aliphatic heterocycles. The van der Waals surface area contributed by atoms with Gasteiger partial charge in [0.05, 0.1) is 12.3 Å². The molecular formula is C18H14BrN5NaO7P. The van der Waals surface area contributed by atoms with Gasteiger partial charge in [0.2, 0.25) is 5.78 Å². The topological polar surface area (TPSA) is 156 Å².